The molecular formula is C17H16Cl2N6O. The third kappa shape index (κ3) is 2.97. The number of nitrogens with one attached hydrogen (secondary N) is 1. The molecule has 1 aliphatic rings. The van der Waals surface area contributed by atoms with Crippen LogP contribution in [-0.4, -0.2) is 44.4 Å². The number of hydrogen-bond acceptors (Lipinski definition) is 5. The van der Waals surface area contributed by atoms with Gasteiger partial charge in [0.2, 0.25) is 5.78 Å². The minimum Gasteiger partial charge on any atom is -0.366 e. The molecule has 7 nitrogen and oxygen atoms in total. The number of imidazole rings is 1. The van der Waals surface area contributed by atoms with E-state index < -0.39 is 0 Å². The largest absolute Gasteiger partial charge is 0.366 e. The van der Waals surface area contributed by atoms with Gasteiger partial charge in [0.1, 0.15) is 5.15 Å². The summed E-state index contributed by atoms with van der Waals surface area (Å²) in [7, 11) is 0. The number of rotatable bonds is 3. The summed E-state index contributed by atoms with van der Waals surface area (Å²) in [5.41, 5.74) is 3.20. The van der Waals surface area contributed by atoms with Gasteiger partial charge in [0.25, 0.3) is 5.91 Å². The second kappa shape index (κ2) is 6.41. The summed E-state index contributed by atoms with van der Waals surface area (Å²) in [4.78, 5) is 27.1. The predicted octanol–water partition coefficient (Wildman–Crippen LogP) is 2.67. The fourth-order valence-electron chi connectivity index (χ4n) is 2.95. The number of amides is 1. The summed E-state index contributed by atoms with van der Waals surface area (Å²) >= 11 is 12.1. The second-order valence-electron chi connectivity index (χ2n) is 6.33. The molecule has 0 unspecified atom stereocenters. The van der Waals surface area contributed by atoms with Crippen molar-refractivity contribution in [2.24, 2.45) is 0 Å². The van der Waals surface area contributed by atoms with Crippen LogP contribution in [0.1, 0.15) is 21.7 Å². The number of carbonyl (C=O) groups excluding carboxylic acids is 1. The van der Waals surface area contributed by atoms with Gasteiger partial charge in [-0.2, -0.15) is 0 Å². The molecule has 1 amide bonds. The van der Waals surface area contributed by atoms with Crippen LogP contribution >= 0.6 is 23.2 Å². The van der Waals surface area contributed by atoms with E-state index in [-0.39, 0.29) is 11.9 Å². The van der Waals surface area contributed by atoms with Crippen molar-refractivity contribution in [1.82, 2.24) is 24.7 Å². The van der Waals surface area contributed by atoms with E-state index in [1.54, 1.807) is 18.5 Å². The first-order valence-corrected chi connectivity index (χ1v) is 8.86. The van der Waals surface area contributed by atoms with Crippen LogP contribution in [0.2, 0.25) is 10.2 Å². The first-order chi connectivity index (χ1) is 12.4. The fraction of sp³-hybridized carbons (Fsp3) is 0.294. The van der Waals surface area contributed by atoms with Gasteiger partial charge in [-0.05, 0) is 13.8 Å². The molecule has 0 spiro atoms. The van der Waals surface area contributed by atoms with E-state index in [1.165, 1.54) is 6.20 Å². The van der Waals surface area contributed by atoms with Gasteiger partial charge in [-0.1, -0.05) is 23.2 Å². The highest BCUT2D eigenvalue weighted by Gasteiger charge is 2.30. The molecule has 3 aromatic heterocycles. The third-order valence-electron chi connectivity index (χ3n) is 4.58. The molecule has 4 rings (SSSR count). The maximum absolute atomic E-state index is 12.5. The lowest BCUT2D eigenvalue weighted by molar-refractivity contribution is 0.0929. The smallest absolute Gasteiger partial charge is 0.254 e. The SMILES string of the molecule is Cc1nc2ncc(C(=O)NC3CN(c4cc(Cl)ncc4Cl)C3)cn2c1C. The van der Waals surface area contributed by atoms with Gasteiger partial charge >= 0.3 is 0 Å². The first-order valence-electron chi connectivity index (χ1n) is 8.10. The number of pyridine rings is 1. The minimum absolute atomic E-state index is 0.0341. The van der Waals surface area contributed by atoms with Gasteiger partial charge in [0, 0.05) is 43.4 Å². The molecule has 0 saturated carbocycles. The van der Waals surface area contributed by atoms with Gasteiger partial charge in [-0.3, -0.25) is 9.20 Å². The predicted molar refractivity (Wildman–Crippen MR) is 100 cm³/mol. The van der Waals surface area contributed by atoms with Crippen LogP contribution in [-0.2, 0) is 0 Å². The molecule has 1 fully saturated rings. The molecule has 0 bridgehead atoms. The summed E-state index contributed by atoms with van der Waals surface area (Å²) in [6, 6.07) is 1.76. The van der Waals surface area contributed by atoms with Gasteiger partial charge < -0.3 is 10.2 Å². The van der Waals surface area contributed by atoms with Crippen molar-refractivity contribution in [2.45, 2.75) is 19.9 Å². The molecule has 1 aliphatic heterocycles. The molecule has 1 saturated heterocycles. The Balaban J connectivity index is 1.43. The number of aryl methyl sites for hydroxylation is 2. The van der Waals surface area contributed by atoms with Crippen LogP contribution in [0.3, 0.4) is 0 Å². The number of halogens is 2. The van der Waals surface area contributed by atoms with E-state index in [4.69, 9.17) is 23.2 Å². The molecule has 0 aliphatic carbocycles. The monoisotopic (exact) mass is 390 g/mol. The standard InChI is InChI=1S/C17H16Cl2N6O/c1-9-10(2)25-6-11(4-21-17(25)22-9)16(26)23-12-7-24(8-12)14-3-15(19)20-5-13(14)18/h3-6,12H,7-8H2,1-2H3,(H,23,26). The Bertz CT molecular complexity index is 1010. The quantitative estimate of drug-likeness (QED) is 0.695. The number of hydrogen-bond donors (Lipinski definition) is 1. The third-order valence-corrected chi connectivity index (χ3v) is 5.07. The number of aromatic nitrogens is 4. The van der Waals surface area contributed by atoms with Crippen molar-refractivity contribution in [1.29, 1.82) is 0 Å². The average molecular weight is 391 g/mol. The first kappa shape index (κ1) is 17.1. The van der Waals surface area contributed by atoms with E-state index in [0.29, 0.717) is 34.6 Å². The summed E-state index contributed by atoms with van der Waals surface area (Å²) in [6.07, 6.45) is 4.84. The molecule has 0 atom stereocenters. The van der Waals surface area contributed by atoms with Crippen LogP contribution in [0, 0.1) is 13.8 Å². The summed E-state index contributed by atoms with van der Waals surface area (Å²) in [6.45, 7) is 5.19. The highest BCUT2D eigenvalue weighted by molar-refractivity contribution is 6.34. The molecule has 134 valence electrons. The van der Waals surface area contributed by atoms with Gasteiger partial charge in [-0.25, -0.2) is 15.0 Å². The number of carbonyl (C=O) groups is 1. The zero-order valence-corrected chi connectivity index (χ0v) is 15.7. The molecule has 4 heterocycles. The minimum atomic E-state index is -0.159. The van der Waals surface area contributed by atoms with E-state index in [0.717, 1.165) is 17.1 Å². The van der Waals surface area contributed by atoms with Crippen LogP contribution in [0.5, 0.6) is 0 Å². The number of anilines is 1. The molecule has 0 radical (unpaired) electrons. The maximum atomic E-state index is 12.5. The normalized spacial score (nSPS) is 14.5. The fourth-order valence-corrected chi connectivity index (χ4v) is 3.33. The number of fused-ring (bicyclic) bond motifs is 1. The Labute approximate surface area is 160 Å². The van der Waals surface area contributed by atoms with Crippen molar-refractivity contribution in [3.05, 3.63) is 51.8 Å². The van der Waals surface area contributed by atoms with Crippen molar-refractivity contribution in [2.75, 3.05) is 18.0 Å². The van der Waals surface area contributed by atoms with Gasteiger partial charge in [-0.15, -0.1) is 0 Å². The Hall–Kier alpha value is -2.38. The topological polar surface area (TPSA) is 75.4 Å². The zero-order valence-electron chi connectivity index (χ0n) is 14.2. The lowest BCUT2D eigenvalue weighted by Gasteiger charge is -2.41. The molecule has 26 heavy (non-hydrogen) atoms. The van der Waals surface area contributed by atoms with Crippen LogP contribution in [0.15, 0.2) is 24.7 Å². The van der Waals surface area contributed by atoms with E-state index in [9.17, 15) is 4.79 Å². The van der Waals surface area contributed by atoms with Crippen molar-refractivity contribution in [3.8, 4) is 0 Å². The maximum Gasteiger partial charge on any atom is 0.254 e. The summed E-state index contributed by atoms with van der Waals surface area (Å²) in [5, 5.41) is 3.94. The lowest BCUT2D eigenvalue weighted by atomic mass is 10.1. The Kier molecular flexibility index (Phi) is 4.20. The number of nitrogens with zero attached hydrogens (tertiary/aromatic N) is 5. The molecule has 0 aromatic carbocycles. The second-order valence-corrected chi connectivity index (χ2v) is 7.12. The molecule has 9 heteroatoms. The molecule has 1 N–H and O–H groups in total. The zero-order chi connectivity index (χ0) is 18.4. The van der Waals surface area contributed by atoms with Crippen molar-refractivity contribution in [3.63, 3.8) is 0 Å². The van der Waals surface area contributed by atoms with Gasteiger partial charge in [0.05, 0.1) is 28.0 Å². The highest BCUT2D eigenvalue weighted by atomic mass is 35.5. The van der Waals surface area contributed by atoms with E-state index >= 15 is 0 Å². The Morgan fingerprint density at radius 2 is 2.00 bits per heavy atom. The van der Waals surface area contributed by atoms with E-state index in [2.05, 4.69) is 20.3 Å². The van der Waals surface area contributed by atoms with Crippen LogP contribution in [0.25, 0.3) is 5.78 Å². The van der Waals surface area contributed by atoms with Crippen LogP contribution in [0.4, 0.5) is 5.69 Å². The van der Waals surface area contributed by atoms with Crippen molar-refractivity contribution >= 4 is 40.6 Å². The highest BCUT2D eigenvalue weighted by Crippen LogP contribution is 2.30. The molecular weight excluding hydrogens is 375 g/mol. The summed E-state index contributed by atoms with van der Waals surface area (Å²) < 4.78 is 1.83. The van der Waals surface area contributed by atoms with Gasteiger partial charge in [0.15, 0.2) is 0 Å². The average Bonchev–Trinajstić information content (AvgIpc) is 2.87. The molecule has 3 aromatic rings. The Morgan fingerprint density at radius 3 is 2.77 bits per heavy atom. The van der Waals surface area contributed by atoms with E-state index in [1.807, 2.05) is 23.1 Å². The van der Waals surface area contributed by atoms with Crippen LogP contribution < -0.4 is 10.2 Å². The Morgan fingerprint density at radius 1 is 1.23 bits per heavy atom. The van der Waals surface area contributed by atoms with Crippen molar-refractivity contribution < 1.29 is 4.79 Å². The summed E-state index contributed by atoms with van der Waals surface area (Å²) in [5.74, 6) is 0.434. The lowest BCUT2D eigenvalue weighted by Crippen LogP contribution is -2.59.